The molecule has 2 fully saturated rings. The molecule has 7 heteroatoms. The largest absolute Gasteiger partial charge is 0.354 e. The van der Waals surface area contributed by atoms with Crippen LogP contribution in [0, 0.1) is 0 Å². The molecule has 3 heterocycles. The van der Waals surface area contributed by atoms with Crippen LogP contribution in [-0.2, 0) is 13.6 Å². The van der Waals surface area contributed by atoms with E-state index in [9.17, 15) is 0 Å². The van der Waals surface area contributed by atoms with Crippen LogP contribution in [0.5, 0.6) is 0 Å². The predicted octanol–water partition coefficient (Wildman–Crippen LogP) is 1.58. The SMILES string of the molecule is CN(Cc1nnc(C2CC2)n1C)[C@@H]1CCCN(c2cccnn2)C1. The van der Waals surface area contributed by atoms with Crippen molar-refractivity contribution in [1.29, 1.82) is 0 Å². The van der Waals surface area contributed by atoms with Gasteiger partial charge in [0.1, 0.15) is 11.6 Å². The van der Waals surface area contributed by atoms with E-state index in [2.05, 4.69) is 48.9 Å². The summed E-state index contributed by atoms with van der Waals surface area (Å²) < 4.78 is 2.19. The second-order valence-corrected chi connectivity index (χ2v) is 7.05. The third-order valence-corrected chi connectivity index (χ3v) is 5.23. The standard InChI is InChI=1S/C17H25N7/c1-22(12-16-20-21-17(23(16)2)13-7-8-13)14-5-4-10-24(11-14)15-6-3-9-18-19-15/h3,6,9,13-14H,4-5,7-8,10-12H2,1-2H3/t14-/m1/s1. The minimum Gasteiger partial charge on any atom is -0.354 e. The topological polar surface area (TPSA) is 63.0 Å². The smallest absolute Gasteiger partial charge is 0.151 e. The van der Waals surface area contributed by atoms with Crippen LogP contribution < -0.4 is 4.90 Å². The average molecular weight is 327 g/mol. The first kappa shape index (κ1) is 15.5. The van der Waals surface area contributed by atoms with E-state index in [0.717, 1.165) is 37.1 Å². The lowest BCUT2D eigenvalue weighted by Gasteiger charge is -2.37. The van der Waals surface area contributed by atoms with Gasteiger partial charge in [0, 0.05) is 38.3 Å². The molecule has 0 bridgehead atoms. The summed E-state index contributed by atoms with van der Waals surface area (Å²) in [4.78, 5) is 4.74. The van der Waals surface area contributed by atoms with Crippen molar-refractivity contribution in [3.8, 4) is 0 Å². The third kappa shape index (κ3) is 3.13. The van der Waals surface area contributed by atoms with Crippen molar-refractivity contribution in [2.75, 3.05) is 25.0 Å². The minimum atomic E-state index is 0.502. The third-order valence-electron chi connectivity index (χ3n) is 5.23. The van der Waals surface area contributed by atoms with E-state index in [-0.39, 0.29) is 0 Å². The van der Waals surface area contributed by atoms with Gasteiger partial charge in [0.15, 0.2) is 5.82 Å². The molecule has 0 amide bonds. The van der Waals surface area contributed by atoms with Crippen LogP contribution in [0.25, 0.3) is 0 Å². The highest BCUT2D eigenvalue weighted by molar-refractivity contribution is 5.37. The Kier molecular flexibility index (Phi) is 4.18. The Balaban J connectivity index is 1.41. The van der Waals surface area contributed by atoms with Crippen LogP contribution in [0.15, 0.2) is 18.3 Å². The molecule has 1 atom stereocenters. The Morgan fingerprint density at radius 1 is 1.21 bits per heavy atom. The molecule has 0 unspecified atom stereocenters. The van der Waals surface area contributed by atoms with Crippen LogP contribution >= 0.6 is 0 Å². The molecular weight excluding hydrogens is 302 g/mol. The molecule has 7 nitrogen and oxygen atoms in total. The maximum atomic E-state index is 4.42. The van der Waals surface area contributed by atoms with Gasteiger partial charge < -0.3 is 9.47 Å². The number of hydrogen-bond donors (Lipinski definition) is 0. The quantitative estimate of drug-likeness (QED) is 0.831. The highest BCUT2D eigenvalue weighted by atomic mass is 15.3. The first-order valence-electron chi connectivity index (χ1n) is 8.83. The summed E-state index contributed by atoms with van der Waals surface area (Å²) in [6.45, 7) is 2.89. The lowest BCUT2D eigenvalue weighted by molar-refractivity contribution is 0.201. The second kappa shape index (κ2) is 6.47. The Morgan fingerprint density at radius 2 is 2.08 bits per heavy atom. The van der Waals surface area contributed by atoms with Gasteiger partial charge in [-0.2, -0.15) is 5.10 Å². The Bertz CT molecular complexity index is 680. The van der Waals surface area contributed by atoms with Gasteiger partial charge in [-0.15, -0.1) is 15.3 Å². The van der Waals surface area contributed by atoms with Crippen LogP contribution in [0.3, 0.4) is 0 Å². The molecule has 2 aromatic rings. The fourth-order valence-corrected chi connectivity index (χ4v) is 3.55. The molecule has 1 aliphatic heterocycles. The number of aromatic nitrogens is 5. The fourth-order valence-electron chi connectivity index (χ4n) is 3.55. The average Bonchev–Trinajstić information content (AvgIpc) is 3.41. The first-order chi connectivity index (χ1) is 11.7. The summed E-state index contributed by atoms with van der Waals surface area (Å²) in [5, 5.41) is 17.1. The molecule has 2 aromatic heterocycles. The van der Waals surface area contributed by atoms with E-state index in [1.165, 1.54) is 25.7 Å². The van der Waals surface area contributed by atoms with Crippen molar-refractivity contribution in [1.82, 2.24) is 29.9 Å². The van der Waals surface area contributed by atoms with E-state index in [4.69, 9.17) is 0 Å². The van der Waals surface area contributed by atoms with Gasteiger partial charge in [-0.1, -0.05) is 0 Å². The summed E-state index contributed by atoms with van der Waals surface area (Å²) in [7, 11) is 4.29. The number of piperidine rings is 1. The van der Waals surface area contributed by atoms with E-state index in [1.54, 1.807) is 6.20 Å². The summed E-state index contributed by atoms with van der Waals surface area (Å²) in [6, 6.07) is 4.50. The van der Waals surface area contributed by atoms with Gasteiger partial charge in [-0.25, -0.2) is 0 Å². The molecule has 128 valence electrons. The second-order valence-electron chi connectivity index (χ2n) is 7.05. The van der Waals surface area contributed by atoms with Crippen molar-refractivity contribution < 1.29 is 0 Å². The van der Waals surface area contributed by atoms with E-state index < -0.39 is 0 Å². The zero-order chi connectivity index (χ0) is 16.5. The summed E-state index contributed by atoms with van der Waals surface area (Å²) in [5.74, 6) is 3.84. The van der Waals surface area contributed by atoms with Gasteiger partial charge >= 0.3 is 0 Å². The molecule has 2 aliphatic rings. The Hall–Kier alpha value is -2.02. The summed E-state index contributed by atoms with van der Waals surface area (Å²) in [5.41, 5.74) is 0. The highest BCUT2D eigenvalue weighted by Crippen LogP contribution is 2.38. The van der Waals surface area contributed by atoms with E-state index in [1.807, 2.05) is 12.1 Å². The number of anilines is 1. The predicted molar refractivity (Wildman–Crippen MR) is 91.7 cm³/mol. The van der Waals surface area contributed by atoms with Gasteiger partial charge in [0.25, 0.3) is 0 Å². The monoisotopic (exact) mass is 327 g/mol. The Morgan fingerprint density at radius 3 is 2.83 bits per heavy atom. The highest BCUT2D eigenvalue weighted by Gasteiger charge is 2.30. The molecule has 1 aliphatic carbocycles. The number of likely N-dealkylation sites (N-methyl/N-ethyl adjacent to an activating group) is 1. The molecule has 0 aromatic carbocycles. The molecule has 0 N–H and O–H groups in total. The molecule has 0 spiro atoms. The van der Waals surface area contributed by atoms with Gasteiger partial charge in [-0.05, 0) is 44.9 Å². The van der Waals surface area contributed by atoms with Gasteiger partial charge in [0.05, 0.1) is 6.54 Å². The van der Waals surface area contributed by atoms with Crippen LogP contribution in [0.4, 0.5) is 5.82 Å². The van der Waals surface area contributed by atoms with Crippen LogP contribution in [0.1, 0.15) is 43.3 Å². The number of rotatable bonds is 5. The van der Waals surface area contributed by atoms with Crippen LogP contribution in [-0.4, -0.2) is 56.0 Å². The van der Waals surface area contributed by atoms with Crippen molar-refractivity contribution in [3.05, 3.63) is 30.0 Å². The lowest BCUT2D eigenvalue weighted by atomic mass is 10.0. The first-order valence-corrected chi connectivity index (χ1v) is 8.83. The molecule has 0 radical (unpaired) electrons. The zero-order valence-corrected chi connectivity index (χ0v) is 14.5. The van der Waals surface area contributed by atoms with Crippen LogP contribution in [0.2, 0.25) is 0 Å². The summed E-state index contributed by atoms with van der Waals surface area (Å²) in [6.07, 6.45) is 6.63. The molecule has 4 rings (SSSR count). The van der Waals surface area contributed by atoms with Crippen molar-refractivity contribution in [2.45, 2.75) is 44.2 Å². The number of hydrogen-bond acceptors (Lipinski definition) is 6. The molecule has 24 heavy (non-hydrogen) atoms. The van der Waals surface area contributed by atoms with Crippen molar-refractivity contribution in [2.24, 2.45) is 7.05 Å². The van der Waals surface area contributed by atoms with E-state index >= 15 is 0 Å². The van der Waals surface area contributed by atoms with Crippen molar-refractivity contribution in [3.63, 3.8) is 0 Å². The molecule has 1 saturated carbocycles. The van der Waals surface area contributed by atoms with Crippen molar-refractivity contribution >= 4 is 5.82 Å². The fraction of sp³-hybridized carbons (Fsp3) is 0.647. The molecular formula is C17H25N7. The Labute approximate surface area is 142 Å². The normalized spacial score (nSPS) is 21.5. The minimum absolute atomic E-state index is 0.502. The number of nitrogens with zero attached hydrogens (tertiary/aromatic N) is 7. The maximum absolute atomic E-state index is 4.42. The zero-order valence-electron chi connectivity index (χ0n) is 14.5. The lowest BCUT2D eigenvalue weighted by Crippen LogP contribution is -2.46. The van der Waals surface area contributed by atoms with E-state index in [0.29, 0.717) is 12.0 Å². The summed E-state index contributed by atoms with van der Waals surface area (Å²) >= 11 is 0. The van der Waals surface area contributed by atoms with Gasteiger partial charge in [-0.3, -0.25) is 4.90 Å². The molecule has 1 saturated heterocycles. The van der Waals surface area contributed by atoms with Gasteiger partial charge in [0.2, 0.25) is 0 Å². The maximum Gasteiger partial charge on any atom is 0.151 e.